The van der Waals surface area contributed by atoms with E-state index in [0.717, 1.165) is 18.1 Å². The van der Waals surface area contributed by atoms with Crippen molar-refractivity contribution < 1.29 is 24.2 Å². The zero-order valence-corrected chi connectivity index (χ0v) is 17.1. The summed E-state index contributed by atoms with van der Waals surface area (Å²) in [7, 11) is 0. The lowest BCUT2D eigenvalue weighted by Gasteiger charge is -2.14. The molecule has 0 saturated heterocycles. The van der Waals surface area contributed by atoms with Crippen molar-refractivity contribution in [1.29, 1.82) is 0 Å². The monoisotopic (exact) mass is 447 g/mol. The van der Waals surface area contributed by atoms with Gasteiger partial charge in [0.1, 0.15) is 0 Å². The van der Waals surface area contributed by atoms with Crippen molar-refractivity contribution >= 4 is 33.9 Å². The van der Waals surface area contributed by atoms with Gasteiger partial charge >= 0.3 is 5.97 Å². The fraction of sp³-hybridized carbons (Fsp3) is 0.238. The van der Waals surface area contributed by atoms with E-state index in [9.17, 15) is 9.59 Å². The molecule has 0 fully saturated rings. The molecule has 1 amide bonds. The highest BCUT2D eigenvalue weighted by Gasteiger charge is 2.12. The van der Waals surface area contributed by atoms with E-state index in [2.05, 4.69) is 21.2 Å². The normalized spacial score (nSPS) is 10.6. The summed E-state index contributed by atoms with van der Waals surface area (Å²) in [6.07, 6.45) is 3.23. The van der Waals surface area contributed by atoms with E-state index in [1.807, 2.05) is 37.3 Å². The quantitative estimate of drug-likeness (QED) is 0.542. The predicted molar refractivity (Wildman–Crippen MR) is 111 cm³/mol. The van der Waals surface area contributed by atoms with Crippen molar-refractivity contribution in [2.75, 3.05) is 19.8 Å². The average molecular weight is 448 g/mol. The number of hydrogen-bond acceptors (Lipinski definition) is 4. The molecule has 2 aromatic rings. The van der Waals surface area contributed by atoms with E-state index < -0.39 is 5.97 Å². The van der Waals surface area contributed by atoms with Crippen LogP contribution in [-0.2, 0) is 16.0 Å². The number of benzene rings is 2. The predicted octanol–water partition coefficient (Wildman–Crippen LogP) is 3.68. The van der Waals surface area contributed by atoms with Crippen LogP contribution < -0.4 is 14.8 Å². The molecule has 0 aliphatic rings. The number of nitrogens with one attached hydrogen (secondary N) is 1. The fourth-order valence-electron chi connectivity index (χ4n) is 2.41. The Labute approximate surface area is 172 Å². The average Bonchev–Trinajstić information content (AvgIpc) is 2.67. The molecule has 0 aromatic heterocycles. The summed E-state index contributed by atoms with van der Waals surface area (Å²) in [5.74, 6) is -0.436. The number of halogens is 1. The number of rotatable bonds is 10. The molecule has 0 atom stereocenters. The number of carbonyl (C=O) groups is 2. The number of ether oxygens (including phenoxy) is 2. The molecule has 0 saturated carbocycles. The lowest BCUT2D eigenvalue weighted by molar-refractivity contribution is -0.131. The molecule has 0 aliphatic heterocycles. The van der Waals surface area contributed by atoms with Gasteiger partial charge in [-0.3, -0.25) is 4.79 Å². The molecule has 2 N–H and O–H groups in total. The lowest BCUT2D eigenvalue weighted by atomic mass is 10.1. The van der Waals surface area contributed by atoms with Crippen LogP contribution in [0.3, 0.4) is 0 Å². The molecule has 28 heavy (non-hydrogen) atoms. The molecule has 0 spiro atoms. The van der Waals surface area contributed by atoms with E-state index in [0.29, 0.717) is 34.7 Å². The maximum absolute atomic E-state index is 12.0. The summed E-state index contributed by atoms with van der Waals surface area (Å²) in [4.78, 5) is 22.8. The number of amides is 1. The molecular weight excluding hydrogens is 426 g/mol. The zero-order chi connectivity index (χ0) is 20.4. The second-order valence-electron chi connectivity index (χ2n) is 5.80. The number of aliphatic carboxylic acids is 1. The van der Waals surface area contributed by atoms with Crippen LogP contribution in [0.15, 0.2) is 53.0 Å². The maximum Gasteiger partial charge on any atom is 0.328 e. The molecule has 2 rings (SSSR count). The topological polar surface area (TPSA) is 84.9 Å². The Morgan fingerprint density at radius 1 is 1.14 bits per heavy atom. The summed E-state index contributed by atoms with van der Waals surface area (Å²) in [6.45, 7) is 2.61. The molecule has 7 heteroatoms. The minimum atomic E-state index is -1.04. The van der Waals surface area contributed by atoms with Crippen LogP contribution in [0.5, 0.6) is 11.5 Å². The smallest absolute Gasteiger partial charge is 0.328 e. The van der Waals surface area contributed by atoms with E-state index in [1.54, 1.807) is 12.1 Å². The Morgan fingerprint density at radius 3 is 2.54 bits per heavy atom. The summed E-state index contributed by atoms with van der Waals surface area (Å²) < 4.78 is 11.8. The van der Waals surface area contributed by atoms with Crippen molar-refractivity contribution in [3.8, 4) is 11.5 Å². The van der Waals surface area contributed by atoms with Crippen molar-refractivity contribution in [3.63, 3.8) is 0 Å². The van der Waals surface area contributed by atoms with Crippen molar-refractivity contribution in [2.45, 2.75) is 13.3 Å². The van der Waals surface area contributed by atoms with Gasteiger partial charge in [-0.15, -0.1) is 0 Å². The Bertz CT molecular complexity index is 836. The standard InChI is InChI=1S/C21H22BrNO5/c1-2-27-18-12-16(8-9-21(25)26)17(22)13-19(18)28-14-20(24)23-11-10-15-6-4-3-5-7-15/h3-9,12-13H,2,10-11,14H2,1H3,(H,23,24)(H,25,26). The first kappa shape index (κ1) is 21.5. The number of carbonyl (C=O) groups excluding carboxylic acids is 1. The second kappa shape index (κ2) is 11.1. The lowest BCUT2D eigenvalue weighted by Crippen LogP contribution is -2.30. The Kier molecular flexibility index (Phi) is 8.55. The first-order valence-electron chi connectivity index (χ1n) is 8.80. The third kappa shape index (κ3) is 7.08. The van der Waals surface area contributed by atoms with Crippen LogP contribution in [0.4, 0.5) is 0 Å². The van der Waals surface area contributed by atoms with Crippen molar-refractivity contribution in [3.05, 3.63) is 64.1 Å². The highest BCUT2D eigenvalue weighted by atomic mass is 79.9. The summed E-state index contributed by atoms with van der Waals surface area (Å²) >= 11 is 3.38. The largest absolute Gasteiger partial charge is 0.490 e. The molecule has 148 valence electrons. The minimum absolute atomic E-state index is 0.147. The van der Waals surface area contributed by atoms with Crippen LogP contribution in [0.1, 0.15) is 18.1 Å². The molecule has 0 bridgehead atoms. The maximum atomic E-state index is 12.0. The molecular formula is C21H22BrNO5. The number of carboxylic acid groups (broad SMARTS) is 1. The van der Waals surface area contributed by atoms with E-state index in [4.69, 9.17) is 14.6 Å². The highest BCUT2D eigenvalue weighted by Crippen LogP contribution is 2.34. The van der Waals surface area contributed by atoms with Gasteiger partial charge in [-0.1, -0.05) is 46.3 Å². The van der Waals surface area contributed by atoms with Gasteiger partial charge in [0, 0.05) is 17.1 Å². The number of hydrogen-bond donors (Lipinski definition) is 2. The zero-order valence-electron chi connectivity index (χ0n) is 15.5. The summed E-state index contributed by atoms with van der Waals surface area (Å²) in [5.41, 5.74) is 1.78. The third-order valence-corrected chi connectivity index (χ3v) is 4.39. The van der Waals surface area contributed by atoms with Gasteiger partial charge in [-0.2, -0.15) is 0 Å². The molecule has 0 heterocycles. The van der Waals surface area contributed by atoms with E-state index in [-0.39, 0.29) is 12.5 Å². The molecule has 0 aliphatic carbocycles. The molecule has 2 aromatic carbocycles. The van der Waals surface area contributed by atoms with Gasteiger partial charge in [-0.05, 0) is 42.7 Å². The van der Waals surface area contributed by atoms with Gasteiger partial charge in [0.25, 0.3) is 5.91 Å². The Balaban J connectivity index is 1.95. The van der Waals surface area contributed by atoms with Crippen LogP contribution in [-0.4, -0.2) is 36.7 Å². The first-order chi connectivity index (χ1) is 13.5. The second-order valence-corrected chi connectivity index (χ2v) is 6.65. The van der Waals surface area contributed by atoms with Crippen LogP contribution in [0.25, 0.3) is 6.08 Å². The van der Waals surface area contributed by atoms with Gasteiger partial charge in [0.05, 0.1) is 6.61 Å². The number of carboxylic acids is 1. The van der Waals surface area contributed by atoms with Crippen LogP contribution in [0, 0.1) is 0 Å². The Morgan fingerprint density at radius 2 is 1.86 bits per heavy atom. The van der Waals surface area contributed by atoms with Gasteiger partial charge in [0.2, 0.25) is 0 Å². The van der Waals surface area contributed by atoms with Crippen LogP contribution in [0.2, 0.25) is 0 Å². The molecule has 0 radical (unpaired) electrons. The fourth-order valence-corrected chi connectivity index (χ4v) is 2.86. The summed E-state index contributed by atoms with van der Waals surface area (Å²) in [5, 5.41) is 11.6. The minimum Gasteiger partial charge on any atom is -0.490 e. The third-order valence-electron chi connectivity index (χ3n) is 3.71. The first-order valence-corrected chi connectivity index (χ1v) is 9.59. The highest BCUT2D eigenvalue weighted by molar-refractivity contribution is 9.10. The summed E-state index contributed by atoms with van der Waals surface area (Å²) in [6, 6.07) is 13.2. The van der Waals surface area contributed by atoms with Gasteiger partial charge in [-0.25, -0.2) is 4.79 Å². The van der Waals surface area contributed by atoms with Gasteiger partial charge < -0.3 is 19.9 Å². The van der Waals surface area contributed by atoms with Crippen molar-refractivity contribution in [2.24, 2.45) is 0 Å². The Hall–Kier alpha value is -2.80. The van der Waals surface area contributed by atoms with E-state index in [1.165, 1.54) is 6.08 Å². The van der Waals surface area contributed by atoms with E-state index >= 15 is 0 Å². The van der Waals surface area contributed by atoms with Gasteiger partial charge in [0.15, 0.2) is 18.1 Å². The SMILES string of the molecule is CCOc1cc(C=CC(=O)O)c(Br)cc1OCC(=O)NCCc1ccccc1. The molecule has 6 nitrogen and oxygen atoms in total. The van der Waals surface area contributed by atoms with Crippen LogP contribution >= 0.6 is 15.9 Å². The van der Waals surface area contributed by atoms with Crippen molar-refractivity contribution in [1.82, 2.24) is 5.32 Å². The molecule has 0 unspecified atom stereocenters.